The lowest BCUT2D eigenvalue weighted by Crippen LogP contribution is -2.41. The largest absolute Gasteiger partial charge is 0.352 e. The Hall–Kier alpha value is -4.00. The Morgan fingerprint density at radius 3 is 2.09 bits per heavy atom. The molecule has 0 radical (unpaired) electrons. The Bertz CT molecular complexity index is 1210. The predicted molar refractivity (Wildman–Crippen MR) is 130 cm³/mol. The molecule has 4 rings (SSSR count). The number of hydrogen-bond donors (Lipinski definition) is 2. The molecule has 0 fully saturated rings. The van der Waals surface area contributed by atoms with Gasteiger partial charge in [0.2, 0.25) is 11.8 Å². The molecule has 0 saturated carbocycles. The third-order valence-electron chi connectivity index (χ3n) is 5.88. The molecule has 0 unspecified atom stereocenters. The summed E-state index contributed by atoms with van der Waals surface area (Å²) in [5.41, 5.74) is 2.65. The second-order valence-electron chi connectivity index (χ2n) is 8.69. The van der Waals surface area contributed by atoms with Gasteiger partial charge < -0.3 is 10.6 Å². The molecule has 34 heavy (non-hydrogen) atoms. The fourth-order valence-corrected chi connectivity index (χ4v) is 3.96. The van der Waals surface area contributed by atoms with E-state index in [-0.39, 0.29) is 42.5 Å². The molecular weight excluding hydrogens is 430 g/mol. The van der Waals surface area contributed by atoms with Crippen LogP contribution in [0.2, 0.25) is 0 Å². The van der Waals surface area contributed by atoms with Crippen LogP contribution < -0.4 is 10.6 Å². The SMILES string of the molecule is CC(C)C(=O)Nc1ccc(CNC(=O)CCCN2C(=O)c3cccc4cccc(c34)C2=O)cc1. The van der Waals surface area contributed by atoms with Gasteiger partial charge in [-0.2, -0.15) is 0 Å². The number of nitrogens with zero attached hydrogens (tertiary/aromatic N) is 1. The normalized spacial score (nSPS) is 12.9. The molecule has 3 aromatic rings. The monoisotopic (exact) mass is 457 g/mol. The number of rotatable bonds is 8. The Morgan fingerprint density at radius 2 is 1.50 bits per heavy atom. The van der Waals surface area contributed by atoms with Crippen LogP contribution in [0.4, 0.5) is 5.69 Å². The van der Waals surface area contributed by atoms with Crippen molar-refractivity contribution in [2.24, 2.45) is 5.92 Å². The van der Waals surface area contributed by atoms with Crippen molar-refractivity contribution in [3.63, 3.8) is 0 Å². The molecule has 174 valence electrons. The van der Waals surface area contributed by atoms with Crippen molar-refractivity contribution in [2.45, 2.75) is 33.2 Å². The van der Waals surface area contributed by atoms with Crippen molar-refractivity contribution in [2.75, 3.05) is 11.9 Å². The molecule has 0 saturated heterocycles. The Balaban J connectivity index is 1.28. The van der Waals surface area contributed by atoms with E-state index in [9.17, 15) is 19.2 Å². The molecule has 0 atom stereocenters. The van der Waals surface area contributed by atoms with E-state index < -0.39 is 0 Å². The second-order valence-corrected chi connectivity index (χ2v) is 8.69. The van der Waals surface area contributed by atoms with Crippen LogP contribution in [0.15, 0.2) is 60.7 Å². The second kappa shape index (κ2) is 9.87. The molecule has 0 spiro atoms. The summed E-state index contributed by atoms with van der Waals surface area (Å²) in [4.78, 5) is 51.1. The van der Waals surface area contributed by atoms with Crippen LogP contribution in [-0.4, -0.2) is 35.1 Å². The summed E-state index contributed by atoms with van der Waals surface area (Å²) in [6, 6.07) is 18.2. The Kier molecular flexibility index (Phi) is 6.72. The van der Waals surface area contributed by atoms with Crippen LogP contribution in [-0.2, 0) is 16.1 Å². The highest BCUT2D eigenvalue weighted by Gasteiger charge is 2.32. The Morgan fingerprint density at radius 1 is 0.882 bits per heavy atom. The van der Waals surface area contributed by atoms with Gasteiger partial charge in [-0.1, -0.05) is 50.2 Å². The zero-order chi connectivity index (χ0) is 24.2. The summed E-state index contributed by atoms with van der Waals surface area (Å²) in [5.74, 6) is -0.944. The van der Waals surface area contributed by atoms with Gasteiger partial charge >= 0.3 is 0 Å². The highest BCUT2D eigenvalue weighted by Crippen LogP contribution is 2.30. The lowest BCUT2D eigenvalue weighted by molar-refractivity contribution is -0.121. The van der Waals surface area contributed by atoms with E-state index in [1.807, 2.05) is 50.2 Å². The fraction of sp³-hybridized carbons (Fsp3) is 0.259. The lowest BCUT2D eigenvalue weighted by atomic mass is 9.94. The topological polar surface area (TPSA) is 95.6 Å². The summed E-state index contributed by atoms with van der Waals surface area (Å²) >= 11 is 0. The number of amides is 4. The quantitative estimate of drug-likeness (QED) is 0.497. The predicted octanol–water partition coefficient (Wildman–Crippen LogP) is 4.13. The summed E-state index contributed by atoms with van der Waals surface area (Å²) in [5, 5.41) is 7.25. The van der Waals surface area contributed by atoms with E-state index in [2.05, 4.69) is 10.6 Å². The molecule has 1 aliphatic heterocycles. The van der Waals surface area contributed by atoms with Gasteiger partial charge in [0, 0.05) is 47.6 Å². The number of carbonyl (C=O) groups is 4. The number of imide groups is 1. The van der Waals surface area contributed by atoms with Crippen molar-refractivity contribution in [3.8, 4) is 0 Å². The standard InChI is InChI=1S/C27H27N3O4/c1-17(2)25(32)29-20-13-11-18(12-14-20)16-28-23(31)10-5-15-30-26(33)21-8-3-6-19-7-4-9-22(24(19)21)27(30)34/h3-4,6-9,11-14,17H,5,10,15-16H2,1-2H3,(H,28,31)(H,29,32). The first kappa shape index (κ1) is 23.2. The highest BCUT2D eigenvalue weighted by molar-refractivity contribution is 6.25. The van der Waals surface area contributed by atoms with Crippen LogP contribution in [0.25, 0.3) is 10.8 Å². The molecular formula is C27H27N3O4. The number of carbonyl (C=O) groups excluding carboxylic acids is 4. The lowest BCUT2D eigenvalue weighted by Gasteiger charge is -2.27. The fourth-order valence-electron chi connectivity index (χ4n) is 3.96. The molecule has 7 nitrogen and oxygen atoms in total. The molecule has 7 heteroatoms. The van der Waals surface area contributed by atoms with Crippen molar-refractivity contribution in [3.05, 3.63) is 77.4 Å². The molecule has 1 heterocycles. The van der Waals surface area contributed by atoms with Gasteiger partial charge in [0.1, 0.15) is 0 Å². The smallest absolute Gasteiger partial charge is 0.261 e. The zero-order valence-electron chi connectivity index (χ0n) is 19.3. The molecule has 1 aliphatic rings. The maximum atomic E-state index is 12.9. The minimum atomic E-state index is -0.320. The first-order valence-electron chi connectivity index (χ1n) is 11.4. The molecule has 0 aromatic heterocycles. The third kappa shape index (κ3) is 4.83. The van der Waals surface area contributed by atoms with E-state index >= 15 is 0 Å². The van der Waals surface area contributed by atoms with Crippen molar-refractivity contribution < 1.29 is 19.2 Å². The van der Waals surface area contributed by atoms with Gasteiger partial charge in [-0.25, -0.2) is 0 Å². The maximum Gasteiger partial charge on any atom is 0.261 e. The average molecular weight is 458 g/mol. The van der Waals surface area contributed by atoms with Crippen molar-refractivity contribution in [1.29, 1.82) is 0 Å². The van der Waals surface area contributed by atoms with E-state index in [4.69, 9.17) is 0 Å². The van der Waals surface area contributed by atoms with Gasteiger partial charge in [0.25, 0.3) is 11.8 Å². The van der Waals surface area contributed by atoms with Gasteiger partial charge in [0.05, 0.1) is 0 Å². The minimum absolute atomic E-state index is 0.0492. The van der Waals surface area contributed by atoms with E-state index in [0.29, 0.717) is 35.2 Å². The summed E-state index contributed by atoms with van der Waals surface area (Å²) in [6.07, 6.45) is 0.576. The summed E-state index contributed by atoms with van der Waals surface area (Å²) < 4.78 is 0. The number of nitrogens with one attached hydrogen (secondary N) is 2. The molecule has 3 aromatic carbocycles. The summed E-state index contributed by atoms with van der Waals surface area (Å²) in [6.45, 7) is 4.19. The maximum absolute atomic E-state index is 12.9. The number of anilines is 1. The molecule has 0 aliphatic carbocycles. The molecule has 4 amide bonds. The Labute approximate surface area is 198 Å². The van der Waals surface area contributed by atoms with Crippen LogP contribution in [0.1, 0.15) is 53.0 Å². The number of hydrogen-bond acceptors (Lipinski definition) is 4. The van der Waals surface area contributed by atoms with E-state index in [1.54, 1.807) is 24.3 Å². The highest BCUT2D eigenvalue weighted by atomic mass is 16.2. The molecule has 0 bridgehead atoms. The molecule has 2 N–H and O–H groups in total. The van der Waals surface area contributed by atoms with Gasteiger partial charge in [-0.15, -0.1) is 0 Å². The van der Waals surface area contributed by atoms with Crippen LogP contribution in [0, 0.1) is 5.92 Å². The van der Waals surface area contributed by atoms with Crippen LogP contribution in [0.5, 0.6) is 0 Å². The third-order valence-corrected chi connectivity index (χ3v) is 5.88. The van der Waals surface area contributed by atoms with Crippen molar-refractivity contribution in [1.82, 2.24) is 10.2 Å². The van der Waals surface area contributed by atoms with Crippen molar-refractivity contribution >= 4 is 40.1 Å². The minimum Gasteiger partial charge on any atom is -0.352 e. The summed E-state index contributed by atoms with van der Waals surface area (Å²) in [7, 11) is 0. The average Bonchev–Trinajstić information content (AvgIpc) is 2.84. The van der Waals surface area contributed by atoms with Gasteiger partial charge in [-0.3, -0.25) is 24.1 Å². The van der Waals surface area contributed by atoms with Crippen LogP contribution >= 0.6 is 0 Å². The van der Waals surface area contributed by atoms with E-state index in [1.165, 1.54) is 4.90 Å². The van der Waals surface area contributed by atoms with Gasteiger partial charge in [-0.05, 0) is 41.6 Å². The van der Waals surface area contributed by atoms with E-state index in [0.717, 1.165) is 10.9 Å². The first-order chi connectivity index (χ1) is 16.3. The zero-order valence-corrected chi connectivity index (χ0v) is 19.3. The van der Waals surface area contributed by atoms with Gasteiger partial charge in [0.15, 0.2) is 0 Å². The van der Waals surface area contributed by atoms with Crippen LogP contribution in [0.3, 0.4) is 0 Å². The first-order valence-corrected chi connectivity index (χ1v) is 11.4. The number of benzene rings is 3.